The first-order valence-electron chi connectivity index (χ1n) is 8.76. The molecule has 0 spiro atoms. The van der Waals surface area contributed by atoms with Gasteiger partial charge in [0.25, 0.3) is 0 Å². The van der Waals surface area contributed by atoms with Crippen LogP contribution >= 0.6 is 0 Å². The summed E-state index contributed by atoms with van der Waals surface area (Å²) in [4.78, 5) is 18.3. The van der Waals surface area contributed by atoms with Gasteiger partial charge in [-0.05, 0) is 19.0 Å². The fourth-order valence-corrected chi connectivity index (χ4v) is 3.14. The molecule has 3 aromatic heterocycles. The van der Waals surface area contributed by atoms with Gasteiger partial charge in [-0.15, -0.1) is 0 Å². The second-order valence-electron chi connectivity index (χ2n) is 6.40. The van der Waals surface area contributed by atoms with Crippen molar-refractivity contribution in [3.8, 4) is 11.5 Å². The van der Waals surface area contributed by atoms with Crippen LogP contribution in [0, 0.1) is 0 Å². The molecule has 1 saturated heterocycles. The minimum Gasteiger partial charge on any atom is -0.374 e. The van der Waals surface area contributed by atoms with Crippen LogP contribution < -0.4 is 10.6 Å². The number of aromatic nitrogens is 5. The molecule has 1 aliphatic heterocycles. The fraction of sp³-hybridized carbons (Fsp3) is 0.412. The maximum atomic E-state index is 13.0. The van der Waals surface area contributed by atoms with Crippen LogP contribution in [0.1, 0.15) is 12.1 Å². The van der Waals surface area contributed by atoms with Gasteiger partial charge < -0.3 is 15.4 Å². The van der Waals surface area contributed by atoms with Crippen LogP contribution in [0.3, 0.4) is 0 Å². The number of morpholine rings is 1. The molecule has 1 fully saturated rings. The van der Waals surface area contributed by atoms with E-state index in [-0.39, 0.29) is 17.6 Å². The van der Waals surface area contributed by atoms with Crippen molar-refractivity contribution in [1.29, 1.82) is 0 Å². The molecule has 0 amide bonds. The molecule has 1 aliphatic rings. The van der Waals surface area contributed by atoms with Gasteiger partial charge in [-0.3, -0.25) is 4.40 Å². The molecule has 11 heteroatoms. The molecule has 0 radical (unpaired) electrons. The summed E-state index contributed by atoms with van der Waals surface area (Å²) in [6.07, 6.45) is 1.21. The zero-order chi connectivity index (χ0) is 19.7. The van der Waals surface area contributed by atoms with Gasteiger partial charge >= 0.3 is 6.18 Å². The van der Waals surface area contributed by atoms with Crippen molar-refractivity contribution in [3.63, 3.8) is 0 Å². The summed E-state index contributed by atoms with van der Waals surface area (Å²) >= 11 is 0. The van der Waals surface area contributed by atoms with Crippen molar-refractivity contribution in [2.24, 2.45) is 5.73 Å². The first-order valence-corrected chi connectivity index (χ1v) is 8.76. The van der Waals surface area contributed by atoms with Crippen LogP contribution in [0.5, 0.6) is 0 Å². The van der Waals surface area contributed by atoms with Crippen molar-refractivity contribution in [1.82, 2.24) is 24.3 Å². The molecular formula is C17H18F3N7O. The number of anilines is 1. The molecule has 1 atom stereocenters. The average Bonchev–Trinajstić information content (AvgIpc) is 3.11. The third-order valence-corrected chi connectivity index (χ3v) is 4.51. The zero-order valence-electron chi connectivity index (χ0n) is 14.8. The third kappa shape index (κ3) is 3.62. The van der Waals surface area contributed by atoms with E-state index < -0.39 is 11.9 Å². The van der Waals surface area contributed by atoms with Gasteiger partial charge in [0, 0.05) is 25.5 Å². The van der Waals surface area contributed by atoms with Gasteiger partial charge in [0.1, 0.15) is 11.5 Å². The van der Waals surface area contributed by atoms with E-state index in [1.807, 2.05) is 0 Å². The highest BCUT2D eigenvalue weighted by atomic mass is 19.4. The lowest BCUT2D eigenvalue weighted by Crippen LogP contribution is -2.43. The van der Waals surface area contributed by atoms with E-state index >= 15 is 0 Å². The van der Waals surface area contributed by atoms with Crippen molar-refractivity contribution < 1.29 is 17.9 Å². The van der Waals surface area contributed by atoms with Gasteiger partial charge in [0.15, 0.2) is 17.2 Å². The molecule has 0 bridgehead atoms. The first kappa shape index (κ1) is 18.6. The highest BCUT2D eigenvalue weighted by Gasteiger charge is 2.33. The Morgan fingerprint density at radius 3 is 2.86 bits per heavy atom. The third-order valence-electron chi connectivity index (χ3n) is 4.51. The molecule has 0 aromatic carbocycles. The molecule has 8 nitrogen and oxygen atoms in total. The van der Waals surface area contributed by atoms with Gasteiger partial charge in [-0.25, -0.2) is 19.9 Å². The van der Waals surface area contributed by atoms with Crippen LogP contribution in [0.15, 0.2) is 30.9 Å². The summed E-state index contributed by atoms with van der Waals surface area (Å²) in [7, 11) is 0. The van der Waals surface area contributed by atoms with Crippen molar-refractivity contribution in [2.75, 3.05) is 31.1 Å². The lowest BCUT2D eigenvalue weighted by Gasteiger charge is -2.33. The Bertz CT molecular complexity index is 973. The number of nitrogens with zero attached hydrogens (tertiary/aromatic N) is 6. The molecule has 28 heavy (non-hydrogen) atoms. The Morgan fingerprint density at radius 1 is 1.21 bits per heavy atom. The molecule has 4 rings (SSSR count). The van der Waals surface area contributed by atoms with Gasteiger partial charge in [-0.2, -0.15) is 13.2 Å². The van der Waals surface area contributed by atoms with Crippen LogP contribution in [0.2, 0.25) is 0 Å². The SMILES string of the molecule is NCCC1CN(c2ccnc(-c3cnc4cnc(C(F)(F)F)cn34)n2)CCO1. The molecule has 2 N–H and O–H groups in total. The molecule has 148 valence electrons. The number of fused-ring (bicyclic) bond motifs is 1. The Kier molecular flexibility index (Phi) is 4.85. The smallest absolute Gasteiger partial charge is 0.374 e. The fourth-order valence-electron chi connectivity index (χ4n) is 3.14. The van der Waals surface area contributed by atoms with E-state index in [0.717, 1.165) is 18.8 Å². The van der Waals surface area contributed by atoms with Crippen LogP contribution in [0.4, 0.5) is 19.0 Å². The monoisotopic (exact) mass is 393 g/mol. The highest BCUT2D eigenvalue weighted by molar-refractivity contribution is 5.58. The Balaban J connectivity index is 1.68. The molecule has 4 heterocycles. The largest absolute Gasteiger partial charge is 0.434 e. The minimum absolute atomic E-state index is 0.0216. The number of ether oxygens (including phenoxy) is 1. The van der Waals surface area contributed by atoms with E-state index in [1.165, 1.54) is 10.6 Å². The maximum Gasteiger partial charge on any atom is 0.434 e. The Labute approximate surface area is 158 Å². The second kappa shape index (κ2) is 7.32. The normalized spacial score (nSPS) is 18.0. The molecule has 0 aliphatic carbocycles. The number of alkyl halides is 3. The molecule has 0 saturated carbocycles. The minimum atomic E-state index is -4.55. The summed E-state index contributed by atoms with van der Waals surface area (Å²) in [5.74, 6) is 0.960. The molecule has 3 aromatic rings. The standard InChI is InChI=1S/C17H18F3N7O/c18-17(19,20)13-10-27-12(7-24-15(27)8-23-13)16-22-4-2-14(25-16)26-5-6-28-11(9-26)1-3-21/h2,4,7-8,10-11H,1,3,5-6,9,21H2. The summed E-state index contributed by atoms with van der Waals surface area (Å²) in [6.45, 7) is 2.39. The summed E-state index contributed by atoms with van der Waals surface area (Å²) < 4.78 is 46.0. The summed E-state index contributed by atoms with van der Waals surface area (Å²) in [5, 5.41) is 0. The lowest BCUT2D eigenvalue weighted by atomic mass is 10.2. The quantitative estimate of drug-likeness (QED) is 0.722. The van der Waals surface area contributed by atoms with E-state index in [9.17, 15) is 13.2 Å². The summed E-state index contributed by atoms with van der Waals surface area (Å²) in [5.41, 5.74) is 5.24. The van der Waals surface area contributed by atoms with Crippen molar-refractivity contribution >= 4 is 11.5 Å². The lowest BCUT2D eigenvalue weighted by molar-refractivity contribution is -0.141. The van der Waals surface area contributed by atoms with Gasteiger partial charge in [0.05, 0.1) is 25.1 Å². The predicted octanol–water partition coefficient (Wildman–Crippen LogP) is 1.76. The van der Waals surface area contributed by atoms with E-state index in [1.54, 1.807) is 12.3 Å². The van der Waals surface area contributed by atoms with Crippen LogP contribution in [-0.2, 0) is 10.9 Å². The summed E-state index contributed by atoms with van der Waals surface area (Å²) in [6, 6.07) is 1.76. The number of nitrogens with two attached hydrogens (primary N) is 1. The Morgan fingerprint density at radius 2 is 2.07 bits per heavy atom. The van der Waals surface area contributed by atoms with E-state index in [2.05, 4.69) is 24.8 Å². The molecule has 1 unspecified atom stereocenters. The topological polar surface area (TPSA) is 94.5 Å². The Hall–Kier alpha value is -2.79. The van der Waals surface area contributed by atoms with E-state index in [0.29, 0.717) is 37.8 Å². The highest BCUT2D eigenvalue weighted by Crippen LogP contribution is 2.29. The predicted molar refractivity (Wildman–Crippen MR) is 94.6 cm³/mol. The molecular weight excluding hydrogens is 375 g/mol. The number of rotatable bonds is 4. The van der Waals surface area contributed by atoms with Gasteiger partial charge in [0.2, 0.25) is 0 Å². The number of hydrogen-bond donors (Lipinski definition) is 1. The average molecular weight is 393 g/mol. The van der Waals surface area contributed by atoms with Crippen LogP contribution in [0.25, 0.3) is 17.2 Å². The van der Waals surface area contributed by atoms with Gasteiger partial charge in [-0.1, -0.05) is 0 Å². The first-order chi connectivity index (χ1) is 13.5. The maximum absolute atomic E-state index is 13.0. The van der Waals surface area contributed by atoms with Crippen molar-refractivity contribution in [2.45, 2.75) is 18.7 Å². The zero-order valence-corrected chi connectivity index (χ0v) is 14.8. The number of imidazole rings is 1. The number of halogens is 3. The van der Waals surface area contributed by atoms with Crippen LogP contribution in [-0.4, -0.2) is 56.7 Å². The van der Waals surface area contributed by atoms with E-state index in [4.69, 9.17) is 10.5 Å². The number of hydrogen-bond acceptors (Lipinski definition) is 7. The second-order valence-corrected chi connectivity index (χ2v) is 6.40. The van der Waals surface area contributed by atoms with Crippen molar-refractivity contribution in [3.05, 3.63) is 36.5 Å².